The summed E-state index contributed by atoms with van der Waals surface area (Å²) in [5.74, 6) is 1.03. The zero-order valence-electron chi connectivity index (χ0n) is 20.2. The van der Waals surface area contributed by atoms with Crippen LogP contribution in [0.25, 0.3) is 28.6 Å². The van der Waals surface area contributed by atoms with E-state index in [4.69, 9.17) is 14.5 Å². The third-order valence-electron chi connectivity index (χ3n) is 5.87. The van der Waals surface area contributed by atoms with Gasteiger partial charge in [0.1, 0.15) is 11.6 Å². The second-order valence-corrected chi connectivity index (χ2v) is 8.34. The Bertz CT molecular complexity index is 1220. The number of hydrogen-bond donors (Lipinski definition) is 1. The van der Waals surface area contributed by atoms with Crippen molar-refractivity contribution >= 4 is 12.0 Å². The molecule has 0 saturated heterocycles. The first-order valence-corrected chi connectivity index (χ1v) is 11.7. The number of ether oxygens (including phenoxy) is 2. The Morgan fingerprint density at radius 2 is 1.71 bits per heavy atom. The molecule has 34 heavy (non-hydrogen) atoms. The van der Waals surface area contributed by atoms with Crippen molar-refractivity contribution in [2.24, 2.45) is 0 Å². The van der Waals surface area contributed by atoms with Crippen LogP contribution in [0.1, 0.15) is 36.4 Å². The van der Waals surface area contributed by atoms with Gasteiger partial charge in [0.05, 0.1) is 43.8 Å². The van der Waals surface area contributed by atoms with Crippen LogP contribution >= 0.6 is 0 Å². The van der Waals surface area contributed by atoms with E-state index in [9.17, 15) is 4.79 Å². The van der Waals surface area contributed by atoms with Crippen LogP contribution in [0.3, 0.4) is 0 Å². The van der Waals surface area contributed by atoms with Crippen molar-refractivity contribution in [2.75, 3.05) is 19.8 Å². The Labute approximate surface area is 200 Å². The van der Waals surface area contributed by atoms with Crippen LogP contribution in [0.2, 0.25) is 0 Å². The molecule has 0 radical (unpaired) electrons. The molecule has 0 unspecified atom stereocenters. The SMILES string of the molecule is CCOC(=O)C=C(CN1C=Cc2nc(-c3ccc(-c4ccc(C)c(C)c4)cc3)[nH]c2C1)OCC. The molecule has 0 saturated carbocycles. The molecule has 0 aliphatic carbocycles. The number of nitrogens with one attached hydrogen (secondary N) is 1. The largest absolute Gasteiger partial charge is 0.496 e. The fraction of sp³-hybridized carbons (Fsp3) is 0.286. The Morgan fingerprint density at radius 1 is 1.00 bits per heavy atom. The van der Waals surface area contributed by atoms with Crippen LogP contribution in [-0.4, -0.2) is 40.6 Å². The smallest absolute Gasteiger partial charge is 0.334 e. The Balaban J connectivity index is 1.47. The van der Waals surface area contributed by atoms with Gasteiger partial charge < -0.3 is 19.4 Å². The minimum absolute atomic E-state index is 0.338. The van der Waals surface area contributed by atoms with Crippen molar-refractivity contribution in [3.63, 3.8) is 0 Å². The summed E-state index contributed by atoms with van der Waals surface area (Å²) in [5.41, 5.74) is 7.99. The normalized spacial score (nSPS) is 13.1. The lowest BCUT2D eigenvalue weighted by Gasteiger charge is -2.24. The average Bonchev–Trinajstić information content (AvgIpc) is 3.25. The van der Waals surface area contributed by atoms with Crippen molar-refractivity contribution < 1.29 is 14.3 Å². The summed E-state index contributed by atoms with van der Waals surface area (Å²) in [6.07, 6.45) is 5.38. The Hall–Kier alpha value is -3.80. The van der Waals surface area contributed by atoms with Gasteiger partial charge in [0.15, 0.2) is 0 Å². The summed E-state index contributed by atoms with van der Waals surface area (Å²) < 4.78 is 10.7. The number of H-pyrrole nitrogens is 1. The van der Waals surface area contributed by atoms with E-state index in [1.807, 2.05) is 19.2 Å². The van der Waals surface area contributed by atoms with Crippen LogP contribution < -0.4 is 0 Å². The topological polar surface area (TPSA) is 67.5 Å². The van der Waals surface area contributed by atoms with E-state index < -0.39 is 0 Å². The van der Waals surface area contributed by atoms with Crippen LogP contribution in [0.4, 0.5) is 0 Å². The molecule has 1 aromatic heterocycles. The molecule has 6 nitrogen and oxygen atoms in total. The molecule has 0 bridgehead atoms. The number of aromatic amines is 1. The third-order valence-corrected chi connectivity index (χ3v) is 5.87. The second-order valence-electron chi connectivity index (χ2n) is 8.34. The molecule has 1 N–H and O–H groups in total. The zero-order valence-corrected chi connectivity index (χ0v) is 20.2. The quantitative estimate of drug-likeness (QED) is 0.270. The van der Waals surface area contributed by atoms with Crippen molar-refractivity contribution in [3.8, 4) is 22.5 Å². The molecule has 0 spiro atoms. The molecule has 0 atom stereocenters. The molecule has 0 fully saturated rings. The maximum absolute atomic E-state index is 11.8. The fourth-order valence-electron chi connectivity index (χ4n) is 3.93. The highest BCUT2D eigenvalue weighted by atomic mass is 16.5. The van der Waals surface area contributed by atoms with E-state index in [0.29, 0.717) is 32.1 Å². The first-order valence-electron chi connectivity index (χ1n) is 11.7. The fourth-order valence-corrected chi connectivity index (χ4v) is 3.93. The number of carbonyl (C=O) groups is 1. The molecular weight excluding hydrogens is 426 g/mol. The highest BCUT2D eigenvalue weighted by Gasteiger charge is 2.18. The summed E-state index contributed by atoms with van der Waals surface area (Å²) >= 11 is 0. The summed E-state index contributed by atoms with van der Waals surface area (Å²) in [5, 5.41) is 0. The minimum Gasteiger partial charge on any atom is -0.496 e. The van der Waals surface area contributed by atoms with Crippen LogP contribution in [-0.2, 0) is 20.8 Å². The predicted octanol–water partition coefficient (Wildman–Crippen LogP) is 5.63. The number of esters is 1. The average molecular weight is 458 g/mol. The molecule has 1 aliphatic rings. The lowest BCUT2D eigenvalue weighted by Crippen LogP contribution is -2.24. The maximum Gasteiger partial charge on any atom is 0.334 e. The van der Waals surface area contributed by atoms with Gasteiger partial charge in [-0.25, -0.2) is 9.78 Å². The number of aromatic nitrogens is 2. The minimum atomic E-state index is -0.388. The number of carbonyl (C=O) groups excluding carboxylic acids is 1. The molecule has 2 heterocycles. The van der Waals surface area contributed by atoms with Gasteiger partial charge in [-0.1, -0.05) is 42.5 Å². The number of aryl methyl sites for hydroxylation is 2. The highest BCUT2D eigenvalue weighted by molar-refractivity contribution is 5.82. The molecule has 0 amide bonds. The van der Waals surface area contributed by atoms with E-state index >= 15 is 0 Å². The third kappa shape index (κ3) is 5.39. The van der Waals surface area contributed by atoms with Gasteiger partial charge >= 0.3 is 5.97 Å². The first kappa shape index (κ1) is 23.4. The number of rotatable bonds is 8. The van der Waals surface area contributed by atoms with E-state index in [1.165, 1.54) is 28.3 Å². The van der Waals surface area contributed by atoms with Gasteiger partial charge in [0.25, 0.3) is 0 Å². The van der Waals surface area contributed by atoms with Crippen molar-refractivity contribution in [1.29, 1.82) is 0 Å². The maximum atomic E-state index is 11.8. The van der Waals surface area contributed by atoms with E-state index in [1.54, 1.807) is 6.92 Å². The van der Waals surface area contributed by atoms with Crippen LogP contribution in [0.15, 0.2) is 60.5 Å². The first-order chi connectivity index (χ1) is 16.5. The van der Waals surface area contributed by atoms with Crippen LogP contribution in [0, 0.1) is 13.8 Å². The van der Waals surface area contributed by atoms with Gasteiger partial charge in [-0.2, -0.15) is 0 Å². The summed E-state index contributed by atoms with van der Waals surface area (Å²) in [4.78, 5) is 22.2. The number of benzene rings is 2. The standard InChI is InChI=1S/C28H31N3O3/c1-5-33-24(16-27(32)34-6-2)17-31-14-13-25-26(18-31)30-28(29-25)22-11-9-21(10-12-22)23-8-7-19(3)20(4)15-23/h7-16H,5-6,17-18H2,1-4H3,(H,29,30). The number of fused-ring (bicyclic) bond motifs is 1. The number of hydrogen-bond acceptors (Lipinski definition) is 5. The lowest BCUT2D eigenvalue weighted by atomic mass is 9.99. The molecule has 2 aromatic carbocycles. The van der Waals surface area contributed by atoms with Crippen LogP contribution in [0.5, 0.6) is 0 Å². The Morgan fingerprint density at radius 3 is 2.41 bits per heavy atom. The van der Waals surface area contributed by atoms with Crippen molar-refractivity contribution in [3.05, 3.63) is 83.0 Å². The van der Waals surface area contributed by atoms with Gasteiger partial charge in [-0.05, 0) is 56.0 Å². The molecule has 176 valence electrons. The number of imidazole rings is 1. The van der Waals surface area contributed by atoms with Gasteiger partial charge in [-0.3, -0.25) is 0 Å². The highest BCUT2D eigenvalue weighted by Crippen LogP contribution is 2.27. The molecular formula is C28H31N3O3. The summed E-state index contributed by atoms with van der Waals surface area (Å²) in [6, 6.07) is 15.0. The zero-order chi connectivity index (χ0) is 24.1. The molecule has 3 aromatic rings. The van der Waals surface area contributed by atoms with E-state index in [2.05, 4.69) is 66.2 Å². The lowest BCUT2D eigenvalue weighted by molar-refractivity contribution is -0.137. The predicted molar refractivity (Wildman–Crippen MR) is 135 cm³/mol. The number of nitrogens with zero attached hydrogens (tertiary/aromatic N) is 2. The molecule has 4 rings (SSSR count). The summed E-state index contributed by atoms with van der Waals surface area (Å²) in [7, 11) is 0. The molecule has 1 aliphatic heterocycles. The van der Waals surface area contributed by atoms with Gasteiger partial charge in [0.2, 0.25) is 0 Å². The Kier molecular flexibility index (Phi) is 7.16. The summed E-state index contributed by atoms with van der Waals surface area (Å²) in [6.45, 7) is 9.90. The van der Waals surface area contributed by atoms with Gasteiger partial charge in [0, 0.05) is 11.8 Å². The molecule has 6 heteroatoms. The monoisotopic (exact) mass is 457 g/mol. The van der Waals surface area contributed by atoms with Crippen molar-refractivity contribution in [2.45, 2.75) is 34.2 Å². The van der Waals surface area contributed by atoms with E-state index in [0.717, 1.165) is 22.8 Å². The van der Waals surface area contributed by atoms with E-state index in [-0.39, 0.29) is 5.97 Å². The van der Waals surface area contributed by atoms with Gasteiger partial charge in [-0.15, -0.1) is 0 Å². The second kappa shape index (κ2) is 10.4. The van der Waals surface area contributed by atoms with Crippen molar-refractivity contribution in [1.82, 2.24) is 14.9 Å².